The average molecular weight is 431 g/mol. The second kappa shape index (κ2) is 11.7. The molecule has 166 valence electrons. The molecule has 0 radical (unpaired) electrons. The number of urea groups is 1. The van der Waals surface area contributed by atoms with Crippen molar-refractivity contribution in [3.8, 4) is 11.1 Å². The molecule has 6 heteroatoms. The third-order valence-corrected chi connectivity index (χ3v) is 5.15. The summed E-state index contributed by atoms with van der Waals surface area (Å²) in [5.74, 6) is -0.252. The van der Waals surface area contributed by atoms with Gasteiger partial charge in [0, 0.05) is 11.3 Å². The smallest absolute Gasteiger partial charge is 0.319 e. The number of nitrogens with two attached hydrogens (primary N) is 1. The number of carbonyl (C=O) groups is 2. The molecule has 0 aliphatic heterocycles. The molecule has 0 saturated carbocycles. The van der Waals surface area contributed by atoms with Crippen LogP contribution in [0.3, 0.4) is 0 Å². The Morgan fingerprint density at radius 3 is 2.25 bits per heavy atom. The van der Waals surface area contributed by atoms with Crippen LogP contribution in [-0.2, 0) is 4.79 Å². The van der Waals surface area contributed by atoms with Gasteiger partial charge in [-0.25, -0.2) is 4.79 Å². The molecule has 0 heterocycles. The predicted molar refractivity (Wildman–Crippen MR) is 131 cm³/mol. The molecule has 32 heavy (non-hydrogen) atoms. The molecule has 3 aromatic rings. The minimum atomic E-state index is -0.674. The number of amides is 3. The highest BCUT2D eigenvalue weighted by atomic mass is 16.2. The molecular formula is C26H30N4O2. The van der Waals surface area contributed by atoms with Gasteiger partial charge in [-0.05, 0) is 56.5 Å². The van der Waals surface area contributed by atoms with Gasteiger partial charge in [0.25, 0.3) is 0 Å². The Bertz CT molecular complexity index is 1020. The fraction of sp³-hybridized carbons (Fsp3) is 0.231. The number of anilines is 2. The second-order valence-corrected chi connectivity index (χ2v) is 7.70. The van der Waals surface area contributed by atoms with Crippen LogP contribution in [0.5, 0.6) is 0 Å². The lowest BCUT2D eigenvalue weighted by Gasteiger charge is -2.20. The van der Waals surface area contributed by atoms with Crippen molar-refractivity contribution in [3.05, 3.63) is 84.4 Å². The van der Waals surface area contributed by atoms with Crippen molar-refractivity contribution in [1.82, 2.24) is 5.32 Å². The fourth-order valence-electron chi connectivity index (χ4n) is 3.41. The quantitative estimate of drug-likeness (QED) is 0.363. The molecule has 0 saturated heterocycles. The highest BCUT2D eigenvalue weighted by Gasteiger charge is 2.21. The molecule has 0 fully saturated rings. The van der Waals surface area contributed by atoms with Crippen molar-refractivity contribution in [2.24, 2.45) is 5.73 Å². The van der Waals surface area contributed by atoms with E-state index < -0.39 is 12.1 Å². The summed E-state index contributed by atoms with van der Waals surface area (Å²) in [6.45, 7) is 2.53. The Hall–Kier alpha value is -3.64. The van der Waals surface area contributed by atoms with Crippen molar-refractivity contribution in [1.29, 1.82) is 0 Å². The minimum absolute atomic E-state index is 0.252. The summed E-state index contributed by atoms with van der Waals surface area (Å²) in [4.78, 5) is 25.7. The van der Waals surface area contributed by atoms with Gasteiger partial charge in [-0.1, -0.05) is 66.2 Å². The first-order valence-corrected chi connectivity index (χ1v) is 10.9. The first-order valence-electron chi connectivity index (χ1n) is 10.9. The van der Waals surface area contributed by atoms with E-state index in [0.717, 1.165) is 29.5 Å². The van der Waals surface area contributed by atoms with Gasteiger partial charge < -0.3 is 21.7 Å². The topological polar surface area (TPSA) is 96.2 Å². The standard InChI is InChI=1S/C26H30N4O2/c1-19-14-16-21(17-15-19)28-25(31)24(13-7-8-18-27)30-26(32)29-23-12-6-5-11-22(23)20-9-3-2-4-10-20/h2-6,9-12,14-17,24H,7-8,13,18,27H2,1H3,(H,28,31)(H2,29,30,32)/t24-/m0/s1. The predicted octanol–water partition coefficient (Wildman–Crippen LogP) is 4.92. The number of aryl methyl sites for hydroxylation is 1. The molecule has 3 amide bonds. The lowest BCUT2D eigenvalue weighted by Crippen LogP contribution is -2.45. The summed E-state index contributed by atoms with van der Waals surface area (Å²) >= 11 is 0. The molecule has 0 aliphatic carbocycles. The van der Waals surface area contributed by atoms with Gasteiger partial charge in [-0.3, -0.25) is 4.79 Å². The van der Waals surface area contributed by atoms with Crippen molar-refractivity contribution in [2.75, 3.05) is 17.2 Å². The summed E-state index contributed by atoms with van der Waals surface area (Å²) < 4.78 is 0. The fourth-order valence-corrected chi connectivity index (χ4v) is 3.41. The Labute approximate surface area is 189 Å². The molecule has 3 aromatic carbocycles. The Balaban J connectivity index is 1.70. The molecule has 1 atom stereocenters. The van der Waals surface area contributed by atoms with E-state index in [-0.39, 0.29) is 5.91 Å². The van der Waals surface area contributed by atoms with E-state index in [0.29, 0.717) is 24.3 Å². The molecule has 0 aromatic heterocycles. The number of hydrogen-bond acceptors (Lipinski definition) is 3. The van der Waals surface area contributed by atoms with Crippen LogP contribution in [0.4, 0.5) is 16.2 Å². The van der Waals surface area contributed by atoms with Crippen molar-refractivity contribution < 1.29 is 9.59 Å². The minimum Gasteiger partial charge on any atom is -0.330 e. The molecule has 0 unspecified atom stereocenters. The second-order valence-electron chi connectivity index (χ2n) is 7.70. The summed E-state index contributed by atoms with van der Waals surface area (Å²) in [6, 6.07) is 23.9. The highest BCUT2D eigenvalue weighted by molar-refractivity contribution is 6.00. The zero-order valence-corrected chi connectivity index (χ0v) is 18.3. The van der Waals surface area contributed by atoms with Crippen LogP contribution in [0.15, 0.2) is 78.9 Å². The van der Waals surface area contributed by atoms with E-state index in [1.54, 1.807) is 0 Å². The Kier molecular flexibility index (Phi) is 8.40. The summed E-state index contributed by atoms with van der Waals surface area (Å²) in [6.07, 6.45) is 2.03. The van der Waals surface area contributed by atoms with E-state index in [1.807, 2.05) is 85.8 Å². The number of unbranched alkanes of at least 4 members (excludes halogenated alkanes) is 1. The van der Waals surface area contributed by atoms with Crippen molar-refractivity contribution in [2.45, 2.75) is 32.2 Å². The molecule has 5 N–H and O–H groups in total. The molecule has 0 bridgehead atoms. The number of hydrogen-bond donors (Lipinski definition) is 4. The molecule has 0 aliphatic rings. The number of carbonyl (C=O) groups excluding carboxylic acids is 2. The van der Waals surface area contributed by atoms with Crippen LogP contribution < -0.4 is 21.7 Å². The molecule has 0 spiro atoms. The van der Waals surface area contributed by atoms with Crippen LogP contribution in [-0.4, -0.2) is 24.5 Å². The highest BCUT2D eigenvalue weighted by Crippen LogP contribution is 2.27. The Morgan fingerprint density at radius 2 is 1.53 bits per heavy atom. The van der Waals surface area contributed by atoms with Gasteiger partial charge in [0.2, 0.25) is 5.91 Å². The maximum Gasteiger partial charge on any atom is 0.319 e. The Morgan fingerprint density at radius 1 is 0.844 bits per heavy atom. The van der Waals surface area contributed by atoms with Gasteiger partial charge in [-0.15, -0.1) is 0 Å². The third-order valence-electron chi connectivity index (χ3n) is 5.15. The lowest BCUT2D eigenvalue weighted by molar-refractivity contribution is -0.118. The van der Waals surface area contributed by atoms with Gasteiger partial charge >= 0.3 is 6.03 Å². The summed E-state index contributed by atoms with van der Waals surface area (Å²) in [5, 5.41) is 8.62. The molecule has 6 nitrogen and oxygen atoms in total. The average Bonchev–Trinajstić information content (AvgIpc) is 2.81. The van der Waals surface area contributed by atoms with Crippen LogP contribution in [0.2, 0.25) is 0 Å². The summed E-state index contributed by atoms with van der Waals surface area (Å²) in [5.41, 5.74) is 9.99. The summed E-state index contributed by atoms with van der Waals surface area (Å²) in [7, 11) is 0. The van der Waals surface area contributed by atoms with Crippen LogP contribution in [0, 0.1) is 6.92 Å². The van der Waals surface area contributed by atoms with E-state index in [2.05, 4.69) is 16.0 Å². The van der Waals surface area contributed by atoms with Gasteiger partial charge in [0.15, 0.2) is 0 Å². The maximum absolute atomic E-state index is 12.9. The van der Waals surface area contributed by atoms with Crippen molar-refractivity contribution >= 4 is 23.3 Å². The van der Waals surface area contributed by atoms with Crippen molar-refractivity contribution in [3.63, 3.8) is 0 Å². The monoisotopic (exact) mass is 430 g/mol. The number of nitrogens with one attached hydrogen (secondary N) is 3. The zero-order chi connectivity index (χ0) is 22.8. The number of benzene rings is 3. The normalized spacial score (nSPS) is 11.4. The van der Waals surface area contributed by atoms with E-state index >= 15 is 0 Å². The third kappa shape index (κ3) is 6.68. The van der Waals surface area contributed by atoms with Gasteiger partial charge in [0.1, 0.15) is 6.04 Å². The largest absolute Gasteiger partial charge is 0.330 e. The molecular weight excluding hydrogens is 400 g/mol. The van der Waals surface area contributed by atoms with Gasteiger partial charge in [-0.2, -0.15) is 0 Å². The zero-order valence-electron chi connectivity index (χ0n) is 18.3. The SMILES string of the molecule is Cc1ccc(NC(=O)[C@H](CCCCN)NC(=O)Nc2ccccc2-c2ccccc2)cc1. The van der Waals surface area contributed by atoms with E-state index in [1.165, 1.54) is 0 Å². The van der Waals surface area contributed by atoms with E-state index in [9.17, 15) is 9.59 Å². The number of rotatable bonds is 9. The molecule has 3 rings (SSSR count). The number of para-hydroxylation sites is 1. The van der Waals surface area contributed by atoms with Crippen LogP contribution in [0.25, 0.3) is 11.1 Å². The first-order chi connectivity index (χ1) is 15.6. The van der Waals surface area contributed by atoms with Crippen LogP contribution in [0.1, 0.15) is 24.8 Å². The lowest BCUT2D eigenvalue weighted by atomic mass is 10.0. The van der Waals surface area contributed by atoms with Crippen LogP contribution >= 0.6 is 0 Å². The van der Waals surface area contributed by atoms with E-state index in [4.69, 9.17) is 5.73 Å². The van der Waals surface area contributed by atoms with Gasteiger partial charge in [0.05, 0.1) is 5.69 Å². The first kappa shape index (κ1) is 23.0. The maximum atomic E-state index is 12.9.